The average molecular weight is 172 g/mol. The summed E-state index contributed by atoms with van der Waals surface area (Å²) in [5, 5.41) is 10.2. The lowest BCUT2D eigenvalue weighted by molar-refractivity contribution is -0.379. The van der Waals surface area contributed by atoms with E-state index in [0.717, 1.165) is 11.3 Å². The molecule has 11 heavy (non-hydrogen) atoms. The highest BCUT2D eigenvalue weighted by Gasteiger charge is 2.14. The molecule has 0 saturated heterocycles. The first-order valence-corrected chi connectivity index (χ1v) is 3.68. The van der Waals surface area contributed by atoms with Gasteiger partial charge in [0.05, 0.1) is 4.88 Å². The third kappa shape index (κ3) is 1.43. The Bertz CT molecular complexity index is 305. The zero-order valence-corrected chi connectivity index (χ0v) is 6.57. The maximum absolute atomic E-state index is 10.4. The molecule has 1 rings (SSSR count). The van der Waals surface area contributed by atoms with Crippen LogP contribution in [-0.4, -0.2) is 11.1 Å². The van der Waals surface area contributed by atoms with E-state index in [1.165, 1.54) is 6.07 Å². The van der Waals surface area contributed by atoms with Crippen LogP contribution in [0.2, 0.25) is 0 Å². The first-order chi connectivity index (χ1) is 5.15. The number of nitrogens with one attached hydrogen (secondary N) is 1. The largest absolute Gasteiger partial charge is 0.477 e. The smallest absolute Gasteiger partial charge is 0.346 e. The van der Waals surface area contributed by atoms with Crippen molar-refractivity contribution in [3.8, 4) is 0 Å². The molecule has 0 spiro atoms. The lowest BCUT2D eigenvalue weighted by atomic mass is 10.4. The van der Waals surface area contributed by atoms with Gasteiger partial charge in [0, 0.05) is 16.2 Å². The molecular weight excluding hydrogens is 166 g/mol. The van der Waals surface area contributed by atoms with E-state index >= 15 is 0 Å². The summed E-state index contributed by atoms with van der Waals surface area (Å²) in [4.78, 5) is 21.4. The third-order valence-electron chi connectivity index (χ3n) is 1.24. The van der Waals surface area contributed by atoms with Crippen molar-refractivity contribution in [3.05, 3.63) is 20.7 Å². The van der Waals surface area contributed by atoms with Crippen molar-refractivity contribution in [1.29, 1.82) is 0 Å². The zero-order chi connectivity index (χ0) is 8.43. The summed E-state index contributed by atoms with van der Waals surface area (Å²) < 4.78 is 0. The van der Waals surface area contributed by atoms with Crippen LogP contribution >= 0.6 is 11.3 Å². The number of thiophene rings is 1. The third-order valence-corrected chi connectivity index (χ3v) is 2.28. The lowest BCUT2D eigenvalue weighted by Gasteiger charge is -1.79. The fourth-order valence-electron chi connectivity index (χ4n) is 0.689. The average Bonchev–Trinajstić information content (AvgIpc) is 2.31. The van der Waals surface area contributed by atoms with E-state index in [2.05, 4.69) is 0 Å². The number of aryl methyl sites for hydroxylation is 1. The summed E-state index contributed by atoms with van der Waals surface area (Å²) in [6.07, 6.45) is 0. The number of carboxylic acid groups (broad SMARTS) is 1. The molecule has 2 N–H and O–H groups in total. The predicted molar refractivity (Wildman–Crippen MR) is 40.0 cm³/mol. The molecule has 0 fully saturated rings. The van der Waals surface area contributed by atoms with Crippen LogP contribution in [0.1, 0.15) is 14.5 Å². The maximum Gasteiger partial charge on any atom is 0.346 e. The van der Waals surface area contributed by atoms with E-state index < -0.39 is 5.97 Å². The summed E-state index contributed by atoms with van der Waals surface area (Å²) in [6.45, 7) is 1.69. The van der Waals surface area contributed by atoms with Gasteiger partial charge in [0.2, 0.25) is 0 Å². The van der Waals surface area contributed by atoms with Crippen LogP contribution in [0.5, 0.6) is 0 Å². The van der Waals surface area contributed by atoms with E-state index in [-0.39, 0.29) is 4.88 Å². The molecule has 0 saturated carbocycles. The summed E-state index contributed by atoms with van der Waals surface area (Å²) in [6, 6.07) is 1.33. The molecule has 0 amide bonds. The number of rotatable bonds is 2. The van der Waals surface area contributed by atoms with Crippen molar-refractivity contribution < 1.29 is 15.1 Å². The van der Waals surface area contributed by atoms with Gasteiger partial charge in [0.15, 0.2) is 0 Å². The molecule has 0 aromatic carbocycles. The Hall–Kier alpha value is -1.23. The van der Waals surface area contributed by atoms with E-state index in [1.54, 1.807) is 12.1 Å². The van der Waals surface area contributed by atoms with Crippen LogP contribution in [0, 0.1) is 11.8 Å². The molecular formula is C6H6NO3S+. The minimum absolute atomic E-state index is 0.181. The Morgan fingerprint density at radius 3 is 2.64 bits per heavy atom. The van der Waals surface area contributed by atoms with Crippen LogP contribution < -0.4 is 5.18 Å². The number of nitroso groups, excluding NO2 is 1. The maximum atomic E-state index is 10.4. The van der Waals surface area contributed by atoms with Gasteiger partial charge in [0.25, 0.3) is 5.69 Å². The second kappa shape index (κ2) is 2.79. The molecule has 0 aliphatic rings. The highest BCUT2D eigenvalue weighted by atomic mass is 32.1. The molecule has 1 aromatic heterocycles. The Kier molecular flexibility index (Phi) is 2.00. The van der Waals surface area contributed by atoms with Gasteiger partial charge in [-0.15, -0.1) is 11.3 Å². The van der Waals surface area contributed by atoms with Crippen molar-refractivity contribution in [3.63, 3.8) is 0 Å². The van der Waals surface area contributed by atoms with Crippen molar-refractivity contribution in [2.24, 2.45) is 0 Å². The van der Waals surface area contributed by atoms with Crippen LogP contribution in [-0.2, 0) is 0 Å². The molecule has 1 aromatic rings. The second-order valence-electron chi connectivity index (χ2n) is 1.99. The quantitative estimate of drug-likeness (QED) is 0.671. The number of hydrogen-bond donors (Lipinski definition) is 2. The standard InChI is InChI=1S/C6H5NO3S/c1-3-4(7-10)2-5(11-3)6(8)9/h2H,1H3,(H,8,9)/p+1. The molecule has 5 heteroatoms. The van der Waals surface area contributed by atoms with Gasteiger partial charge < -0.3 is 5.11 Å². The Morgan fingerprint density at radius 1 is 1.73 bits per heavy atom. The number of carbonyl (C=O) groups is 1. The first-order valence-electron chi connectivity index (χ1n) is 2.87. The monoisotopic (exact) mass is 172 g/mol. The molecule has 0 aliphatic carbocycles. The molecule has 0 bridgehead atoms. The zero-order valence-electron chi connectivity index (χ0n) is 5.75. The fourth-order valence-corrected chi connectivity index (χ4v) is 1.49. The van der Waals surface area contributed by atoms with Crippen molar-refractivity contribution in [2.75, 3.05) is 0 Å². The number of carboxylic acids is 1. The van der Waals surface area contributed by atoms with Crippen molar-refractivity contribution in [2.45, 2.75) is 6.92 Å². The van der Waals surface area contributed by atoms with Gasteiger partial charge in [-0.2, -0.15) is 0 Å². The minimum atomic E-state index is -1.00. The molecule has 0 aliphatic heterocycles. The highest BCUT2D eigenvalue weighted by Crippen LogP contribution is 2.21. The van der Waals surface area contributed by atoms with Crippen LogP contribution in [0.3, 0.4) is 0 Å². The van der Waals surface area contributed by atoms with Gasteiger partial charge in [-0.1, -0.05) is 0 Å². The molecule has 58 valence electrons. The van der Waals surface area contributed by atoms with E-state index in [4.69, 9.17) is 5.11 Å². The minimum Gasteiger partial charge on any atom is -0.477 e. The molecule has 1 heterocycles. The van der Waals surface area contributed by atoms with Crippen LogP contribution in [0.4, 0.5) is 5.69 Å². The van der Waals surface area contributed by atoms with E-state index in [9.17, 15) is 9.70 Å². The molecule has 0 atom stereocenters. The molecule has 0 radical (unpaired) electrons. The highest BCUT2D eigenvalue weighted by molar-refractivity contribution is 7.14. The fraction of sp³-hybridized carbons (Fsp3) is 0.167. The van der Waals surface area contributed by atoms with Crippen molar-refractivity contribution in [1.82, 2.24) is 0 Å². The SMILES string of the molecule is Cc1sc(C(=O)O)cc1[NH+]=O. The summed E-state index contributed by atoms with van der Waals surface area (Å²) in [7, 11) is 0. The summed E-state index contributed by atoms with van der Waals surface area (Å²) in [5.74, 6) is -1.00. The van der Waals surface area contributed by atoms with Gasteiger partial charge in [-0.3, -0.25) is 0 Å². The number of aromatic carboxylic acids is 1. The lowest BCUT2D eigenvalue weighted by Crippen LogP contribution is -2.55. The summed E-state index contributed by atoms with van der Waals surface area (Å²) >= 11 is 1.08. The number of hydrogen-bond acceptors (Lipinski definition) is 3. The van der Waals surface area contributed by atoms with E-state index in [1.807, 2.05) is 0 Å². The van der Waals surface area contributed by atoms with E-state index in [0.29, 0.717) is 10.6 Å². The second-order valence-corrected chi connectivity index (χ2v) is 3.24. The molecule has 0 unspecified atom stereocenters. The van der Waals surface area contributed by atoms with Gasteiger partial charge in [0.1, 0.15) is 4.88 Å². The summed E-state index contributed by atoms with van der Waals surface area (Å²) in [5.41, 5.74) is 0.340. The Balaban J connectivity index is 3.14. The Morgan fingerprint density at radius 2 is 2.36 bits per heavy atom. The molecule has 4 nitrogen and oxygen atoms in total. The van der Waals surface area contributed by atoms with Gasteiger partial charge in [-0.25, -0.2) is 4.79 Å². The van der Waals surface area contributed by atoms with Crippen LogP contribution in [0.25, 0.3) is 0 Å². The topological polar surface area (TPSA) is 68.3 Å². The van der Waals surface area contributed by atoms with Crippen molar-refractivity contribution >= 4 is 23.0 Å². The van der Waals surface area contributed by atoms with Gasteiger partial charge in [-0.05, 0) is 6.92 Å². The normalized spacial score (nSPS) is 9.55. The first kappa shape index (κ1) is 7.87. The Labute approximate surface area is 66.5 Å². The van der Waals surface area contributed by atoms with Crippen LogP contribution in [0.15, 0.2) is 6.07 Å². The predicted octanol–water partition coefficient (Wildman–Crippen LogP) is 0.233. The van der Waals surface area contributed by atoms with Gasteiger partial charge >= 0.3 is 5.97 Å².